The minimum atomic E-state index is 0.112. The third kappa shape index (κ3) is 2.55. The molecule has 0 aromatic heterocycles. The summed E-state index contributed by atoms with van der Waals surface area (Å²) in [6.45, 7) is 4.10. The first-order valence-electron chi connectivity index (χ1n) is 7.02. The average Bonchev–Trinajstić information content (AvgIpc) is 2.44. The van der Waals surface area contributed by atoms with Gasteiger partial charge in [0.25, 0.3) is 0 Å². The van der Waals surface area contributed by atoms with Gasteiger partial charge in [0.1, 0.15) is 0 Å². The van der Waals surface area contributed by atoms with Crippen LogP contribution in [0.2, 0.25) is 0 Å². The number of anilines is 1. The van der Waals surface area contributed by atoms with E-state index in [-0.39, 0.29) is 17.6 Å². The lowest BCUT2D eigenvalue weighted by Crippen LogP contribution is -2.31. The fourth-order valence-corrected chi connectivity index (χ4v) is 2.71. The van der Waals surface area contributed by atoms with Crippen LogP contribution in [0.25, 0.3) is 0 Å². The van der Waals surface area contributed by atoms with Crippen LogP contribution in [-0.2, 0) is 11.2 Å². The molecule has 19 heavy (non-hydrogen) atoms. The Labute approximate surface area is 114 Å². The SMILES string of the molecule is CCC(CC)C(=O)c1ccc2c(c1)CCC(=O)N2C. The van der Waals surface area contributed by atoms with E-state index in [1.165, 1.54) is 0 Å². The third-order valence-corrected chi connectivity index (χ3v) is 4.06. The molecule has 0 saturated heterocycles. The van der Waals surface area contributed by atoms with E-state index in [2.05, 4.69) is 13.8 Å². The van der Waals surface area contributed by atoms with Crippen molar-refractivity contribution in [2.45, 2.75) is 39.5 Å². The van der Waals surface area contributed by atoms with Gasteiger partial charge in [-0.1, -0.05) is 13.8 Å². The summed E-state index contributed by atoms with van der Waals surface area (Å²) in [4.78, 5) is 25.7. The molecule has 0 fully saturated rings. The summed E-state index contributed by atoms with van der Waals surface area (Å²) in [5.74, 6) is 0.486. The molecule has 1 aliphatic heterocycles. The van der Waals surface area contributed by atoms with Crippen molar-refractivity contribution in [3.05, 3.63) is 29.3 Å². The Morgan fingerprint density at radius 3 is 2.58 bits per heavy atom. The summed E-state index contributed by atoms with van der Waals surface area (Å²) in [7, 11) is 1.79. The maximum Gasteiger partial charge on any atom is 0.227 e. The highest BCUT2D eigenvalue weighted by atomic mass is 16.2. The molecule has 1 aliphatic rings. The van der Waals surface area contributed by atoms with Crippen molar-refractivity contribution in [2.75, 3.05) is 11.9 Å². The first-order valence-corrected chi connectivity index (χ1v) is 7.02. The number of benzene rings is 1. The monoisotopic (exact) mass is 259 g/mol. The summed E-state index contributed by atoms with van der Waals surface area (Å²) >= 11 is 0. The van der Waals surface area contributed by atoms with Crippen molar-refractivity contribution < 1.29 is 9.59 Å². The maximum absolute atomic E-state index is 12.4. The predicted molar refractivity (Wildman–Crippen MR) is 76.6 cm³/mol. The second-order valence-electron chi connectivity index (χ2n) is 5.17. The molecule has 1 amide bonds. The largest absolute Gasteiger partial charge is 0.315 e. The Balaban J connectivity index is 2.32. The van der Waals surface area contributed by atoms with Gasteiger partial charge in [-0.05, 0) is 43.0 Å². The lowest BCUT2D eigenvalue weighted by atomic mass is 9.90. The van der Waals surface area contributed by atoms with Gasteiger partial charge >= 0.3 is 0 Å². The van der Waals surface area contributed by atoms with E-state index in [4.69, 9.17) is 0 Å². The van der Waals surface area contributed by atoms with Crippen LogP contribution in [0.4, 0.5) is 5.69 Å². The van der Waals surface area contributed by atoms with Crippen LogP contribution in [0, 0.1) is 5.92 Å². The van der Waals surface area contributed by atoms with Crippen molar-refractivity contribution in [1.29, 1.82) is 0 Å². The van der Waals surface area contributed by atoms with Gasteiger partial charge in [-0.25, -0.2) is 0 Å². The summed E-state index contributed by atoms with van der Waals surface area (Å²) in [5, 5.41) is 0. The molecule has 0 N–H and O–H groups in total. The standard InChI is InChI=1S/C16H21NO2/c1-4-11(5-2)16(19)13-6-8-14-12(10-13)7-9-15(18)17(14)3/h6,8,10-11H,4-5,7,9H2,1-3H3. The first kappa shape index (κ1) is 13.8. The Morgan fingerprint density at radius 1 is 1.26 bits per heavy atom. The zero-order valence-corrected chi connectivity index (χ0v) is 11.9. The molecule has 3 nitrogen and oxygen atoms in total. The molecular formula is C16H21NO2. The van der Waals surface area contributed by atoms with Crippen molar-refractivity contribution in [1.82, 2.24) is 0 Å². The molecular weight excluding hydrogens is 238 g/mol. The van der Waals surface area contributed by atoms with E-state index in [9.17, 15) is 9.59 Å². The summed E-state index contributed by atoms with van der Waals surface area (Å²) in [6.07, 6.45) is 3.03. The number of hydrogen-bond acceptors (Lipinski definition) is 2. The van der Waals surface area contributed by atoms with E-state index >= 15 is 0 Å². The smallest absolute Gasteiger partial charge is 0.227 e. The van der Waals surface area contributed by atoms with Crippen LogP contribution in [0.5, 0.6) is 0 Å². The molecule has 0 saturated carbocycles. The van der Waals surface area contributed by atoms with Crippen LogP contribution in [0.3, 0.4) is 0 Å². The lowest BCUT2D eigenvalue weighted by Gasteiger charge is -2.26. The Hall–Kier alpha value is -1.64. The molecule has 1 aromatic rings. The van der Waals surface area contributed by atoms with Crippen LogP contribution in [-0.4, -0.2) is 18.7 Å². The topological polar surface area (TPSA) is 37.4 Å². The maximum atomic E-state index is 12.4. The number of carbonyl (C=O) groups excluding carboxylic acids is 2. The average molecular weight is 259 g/mol. The molecule has 0 spiro atoms. The summed E-state index contributed by atoms with van der Waals surface area (Å²) < 4.78 is 0. The third-order valence-electron chi connectivity index (χ3n) is 4.06. The van der Waals surface area contributed by atoms with Crippen molar-refractivity contribution in [3.8, 4) is 0 Å². The van der Waals surface area contributed by atoms with E-state index < -0.39 is 0 Å². The number of carbonyl (C=O) groups is 2. The van der Waals surface area contributed by atoms with Crippen LogP contribution in [0.15, 0.2) is 18.2 Å². The van der Waals surface area contributed by atoms with Crippen LogP contribution in [0.1, 0.15) is 49.0 Å². The Bertz CT molecular complexity index is 503. The molecule has 1 aromatic carbocycles. The molecule has 0 bridgehead atoms. The van der Waals surface area contributed by atoms with E-state index in [0.29, 0.717) is 6.42 Å². The van der Waals surface area contributed by atoms with Crippen molar-refractivity contribution in [3.63, 3.8) is 0 Å². The van der Waals surface area contributed by atoms with Gasteiger partial charge in [0.2, 0.25) is 5.91 Å². The molecule has 0 atom stereocenters. The van der Waals surface area contributed by atoms with Gasteiger partial charge in [-0.3, -0.25) is 9.59 Å². The Morgan fingerprint density at radius 2 is 1.95 bits per heavy atom. The zero-order valence-electron chi connectivity index (χ0n) is 11.9. The fourth-order valence-electron chi connectivity index (χ4n) is 2.71. The minimum absolute atomic E-state index is 0.112. The van der Waals surface area contributed by atoms with Gasteiger partial charge in [-0.15, -0.1) is 0 Å². The molecule has 1 heterocycles. The highest BCUT2D eigenvalue weighted by Gasteiger charge is 2.23. The second kappa shape index (κ2) is 5.55. The summed E-state index contributed by atoms with van der Waals surface area (Å²) in [6, 6.07) is 5.73. The lowest BCUT2D eigenvalue weighted by molar-refractivity contribution is -0.118. The first-order chi connectivity index (χ1) is 9.08. The van der Waals surface area contributed by atoms with E-state index in [0.717, 1.165) is 36.1 Å². The number of nitrogens with zero attached hydrogens (tertiary/aromatic N) is 1. The van der Waals surface area contributed by atoms with Gasteiger partial charge < -0.3 is 4.90 Å². The number of fused-ring (bicyclic) bond motifs is 1. The van der Waals surface area contributed by atoms with Gasteiger partial charge in [-0.2, -0.15) is 0 Å². The van der Waals surface area contributed by atoms with Gasteiger partial charge in [0, 0.05) is 30.6 Å². The number of rotatable bonds is 4. The normalized spacial score (nSPS) is 14.7. The highest BCUT2D eigenvalue weighted by Crippen LogP contribution is 2.28. The fraction of sp³-hybridized carbons (Fsp3) is 0.500. The molecule has 102 valence electrons. The summed E-state index contributed by atoms with van der Waals surface area (Å²) in [5.41, 5.74) is 2.84. The Kier molecular flexibility index (Phi) is 4.03. The number of Topliss-reactive ketones (excluding diaryl/α,β-unsaturated/α-hetero) is 1. The number of ketones is 1. The zero-order chi connectivity index (χ0) is 14.0. The molecule has 0 aliphatic carbocycles. The van der Waals surface area contributed by atoms with E-state index in [1.807, 2.05) is 18.2 Å². The van der Waals surface area contributed by atoms with Crippen LogP contribution >= 0.6 is 0 Å². The molecule has 0 radical (unpaired) electrons. The highest BCUT2D eigenvalue weighted by molar-refractivity contribution is 6.00. The number of aryl methyl sites for hydroxylation is 1. The number of hydrogen-bond donors (Lipinski definition) is 0. The molecule has 0 unspecified atom stereocenters. The van der Waals surface area contributed by atoms with Gasteiger partial charge in [0.05, 0.1) is 0 Å². The van der Waals surface area contributed by atoms with Crippen molar-refractivity contribution >= 4 is 17.4 Å². The number of amides is 1. The second-order valence-corrected chi connectivity index (χ2v) is 5.17. The minimum Gasteiger partial charge on any atom is -0.315 e. The molecule has 2 rings (SSSR count). The van der Waals surface area contributed by atoms with E-state index in [1.54, 1.807) is 11.9 Å². The quantitative estimate of drug-likeness (QED) is 0.779. The molecule has 3 heteroatoms. The van der Waals surface area contributed by atoms with Gasteiger partial charge in [0.15, 0.2) is 5.78 Å². The predicted octanol–water partition coefficient (Wildman–Crippen LogP) is 3.21. The van der Waals surface area contributed by atoms with Crippen molar-refractivity contribution in [2.24, 2.45) is 5.92 Å². The van der Waals surface area contributed by atoms with Crippen LogP contribution < -0.4 is 4.90 Å².